The number of thiophene rings is 1. The van der Waals surface area contributed by atoms with E-state index in [0.29, 0.717) is 9.21 Å². The summed E-state index contributed by atoms with van der Waals surface area (Å²) in [7, 11) is 0. The second-order valence-corrected chi connectivity index (χ2v) is 4.24. The predicted molar refractivity (Wildman–Crippen MR) is 47.0 cm³/mol. The van der Waals surface area contributed by atoms with E-state index < -0.39 is 12.5 Å². The summed E-state index contributed by atoms with van der Waals surface area (Å²) in [6.07, 6.45) is -0.319. The number of hydrogen-bond acceptors (Lipinski definition) is 2. The highest BCUT2D eigenvalue weighted by Crippen LogP contribution is 2.27. The van der Waals surface area contributed by atoms with Crippen molar-refractivity contribution in [2.45, 2.75) is 12.3 Å². The lowest BCUT2D eigenvalue weighted by atomic mass is 10.2. The molecule has 1 aromatic rings. The largest absolute Gasteiger partial charge is 0.325 e. The van der Waals surface area contributed by atoms with Crippen molar-refractivity contribution in [1.82, 2.24) is 0 Å². The summed E-state index contributed by atoms with van der Waals surface area (Å²) in [6.45, 7) is -0.623. The van der Waals surface area contributed by atoms with Crippen LogP contribution in [0.4, 0.5) is 8.78 Å². The lowest BCUT2D eigenvalue weighted by molar-refractivity contribution is 0.0123. The fourth-order valence-corrected chi connectivity index (χ4v) is 1.94. The van der Waals surface area contributed by atoms with Crippen LogP contribution < -0.4 is 5.73 Å². The smallest absolute Gasteiger partial charge is 0.264 e. The zero-order chi connectivity index (χ0) is 9.19. The quantitative estimate of drug-likeness (QED) is 0.817. The van der Waals surface area contributed by atoms with Crippen LogP contribution in [0.2, 0.25) is 4.34 Å². The van der Waals surface area contributed by atoms with Gasteiger partial charge in [0.25, 0.3) is 5.92 Å². The van der Waals surface area contributed by atoms with Crippen LogP contribution in [0.25, 0.3) is 0 Å². The van der Waals surface area contributed by atoms with E-state index in [4.69, 9.17) is 17.3 Å². The van der Waals surface area contributed by atoms with Crippen LogP contribution >= 0.6 is 22.9 Å². The first-order valence-electron chi connectivity index (χ1n) is 3.35. The Morgan fingerprint density at radius 1 is 1.50 bits per heavy atom. The summed E-state index contributed by atoms with van der Waals surface area (Å²) in [6, 6.07) is 3.20. The molecule has 0 saturated heterocycles. The highest BCUT2D eigenvalue weighted by Gasteiger charge is 2.27. The van der Waals surface area contributed by atoms with E-state index in [1.165, 1.54) is 0 Å². The van der Waals surface area contributed by atoms with Crippen LogP contribution in [0.15, 0.2) is 12.1 Å². The molecule has 0 radical (unpaired) electrons. The molecule has 1 aromatic heterocycles. The van der Waals surface area contributed by atoms with E-state index in [9.17, 15) is 8.78 Å². The maximum atomic E-state index is 12.7. The van der Waals surface area contributed by atoms with Gasteiger partial charge in [-0.3, -0.25) is 0 Å². The summed E-state index contributed by atoms with van der Waals surface area (Å²) in [5, 5.41) is 0. The van der Waals surface area contributed by atoms with Crippen LogP contribution in [-0.2, 0) is 6.42 Å². The zero-order valence-electron chi connectivity index (χ0n) is 6.19. The van der Waals surface area contributed by atoms with Crippen molar-refractivity contribution in [3.05, 3.63) is 21.3 Å². The van der Waals surface area contributed by atoms with Gasteiger partial charge in [0.1, 0.15) is 0 Å². The van der Waals surface area contributed by atoms with Crippen LogP contribution in [0.5, 0.6) is 0 Å². The molecule has 1 nitrogen and oxygen atoms in total. The van der Waals surface area contributed by atoms with Gasteiger partial charge in [0, 0.05) is 11.3 Å². The Labute approximate surface area is 78.1 Å². The predicted octanol–water partition coefficient (Wildman–Crippen LogP) is 2.54. The van der Waals surface area contributed by atoms with Gasteiger partial charge in [-0.05, 0) is 12.1 Å². The van der Waals surface area contributed by atoms with E-state index in [-0.39, 0.29) is 6.42 Å². The summed E-state index contributed by atoms with van der Waals surface area (Å²) in [4.78, 5) is 0.565. The topological polar surface area (TPSA) is 26.0 Å². The minimum atomic E-state index is -2.81. The molecule has 0 aromatic carbocycles. The minimum Gasteiger partial charge on any atom is -0.325 e. The lowest BCUT2D eigenvalue weighted by Gasteiger charge is -2.11. The van der Waals surface area contributed by atoms with Crippen LogP contribution in [0.1, 0.15) is 4.88 Å². The Hall–Kier alpha value is -0.190. The highest BCUT2D eigenvalue weighted by atomic mass is 35.5. The van der Waals surface area contributed by atoms with E-state index >= 15 is 0 Å². The second kappa shape index (κ2) is 3.68. The first-order chi connectivity index (χ1) is 5.53. The highest BCUT2D eigenvalue weighted by molar-refractivity contribution is 7.16. The molecule has 68 valence electrons. The average molecular weight is 212 g/mol. The molecule has 0 fully saturated rings. The Morgan fingerprint density at radius 3 is 2.58 bits per heavy atom. The summed E-state index contributed by atoms with van der Waals surface area (Å²) in [5.41, 5.74) is 4.88. The molecule has 0 aliphatic carbocycles. The SMILES string of the molecule is NCC(F)(F)Cc1ccc(Cl)s1. The van der Waals surface area contributed by atoms with Crippen molar-refractivity contribution < 1.29 is 8.78 Å². The number of hydrogen-bond donors (Lipinski definition) is 1. The molecule has 0 atom stereocenters. The fourth-order valence-electron chi connectivity index (χ4n) is 0.774. The Balaban J connectivity index is 2.63. The first kappa shape index (κ1) is 9.89. The average Bonchev–Trinajstić information content (AvgIpc) is 2.35. The monoisotopic (exact) mass is 211 g/mol. The molecular weight excluding hydrogens is 204 g/mol. The number of alkyl halides is 2. The van der Waals surface area contributed by atoms with Gasteiger partial charge in [0.05, 0.1) is 10.9 Å². The summed E-state index contributed by atoms with van der Waals surface area (Å²) < 4.78 is 25.9. The fraction of sp³-hybridized carbons (Fsp3) is 0.429. The van der Waals surface area contributed by atoms with Gasteiger partial charge in [-0.2, -0.15) is 0 Å². The molecule has 1 heterocycles. The maximum Gasteiger partial charge on any atom is 0.264 e. The van der Waals surface area contributed by atoms with Crippen molar-refractivity contribution in [3.63, 3.8) is 0 Å². The molecule has 0 bridgehead atoms. The molecule has 0 spiro atoms. The van der Waals surface area contributed by atoms with Crippen molar-refractivity contribution in [1.29, 1.82) is 0 Å². The summed E-state index contributed by atoms with van der Waals surface area (Å²) >= 11 is 6.73. The Kier molecular flexibility index (Phi) is 3.04. The minimum absolute atomic E-state index is 0.319. The van der Waals surface area contributed by atoms with Gasteiger partial charge in [0.15, 0.2) is 0 Å². The normalized spacial score (nSPS) is 12.0. The first-order valence-corrected chi connectivity index (χ1v) is 4.55. The molecule has 0 amide bonds. The molecule has 0 saturated carbocycles. The molecule has 2 N–H and O–H groups in total. The second-order valence-electron chi connectivity index (χ2n) is 2.44. The van der Waals surface area contributed by atoms with E-state index in [2.05, 4.69) is 0 Å². The van der Waals surface area contributed by atoms with E-state index in [0.717, 1.165) is 11.3 Å². The van der Waals surface area contributed by atoms with E-state index in [1.54, 1.807) is 12.1 Å². The van der Waals surface area contributed by atoms with Crippen molar-refractivity contribution >= 4 is 22.9 Å². The lowest BCUT2D eigenvalue weighted by Crippen LogP contribution is -2.29. The van der Waals surface area contributed by atoms with Crippen molar-refractivity contribution in [2.75, 3.05) is 6.54 Å². The van der Waals surface area contributed by atoms with Crippen LogP contribution in [-0.4, -0.2) is 12.5 Å². The van der Waals surface area contributed by atoms with Gasteiger partial charge in [-0.1, -0.05) is 11.6 Å². The van der Waals surface area contributed by atoms with Gasteiger partial charge in [0.2, 0.25) is 0 Å². The van der Waals surface area contributed by atoms with Gasteiger partial charge < -0.3 is 5.73 Å². The van der Waals surface area contributed by atoms with Gasteiger partial charge in [-0.15, -0.1) is 11.3 Å². The van der Waals surface area contributed by atoms with Crippen molar-refractivity contribution in [3.8, 4) is 0 Å². The maximum absolute atomic E-state index is 12.7. The molecule has 0 aliphatic heterocycles. The molecule has 0 aliphatic rings. The van der Waals surface area contributed by atoms with Crippen LogP contribution in [0, 0.1) is 0 Å². The Bertz CT molecular complexity index is 262. The van der Waals surface area contributed by atoms with Crippen molar-refractivity contribution in [2.24, 2.45) is 5.73 Å². The molecule has 5 heteroatoms. The molecule has 1 rings (SSSR count). The van der Waals surface area contributed by atoms with Gasteiger partial charge in [-0.25, -0.2) is 8.78 Å². The molecule has 12 heavy (non-hydrogen) atoms. The Morgan fingerprint density at radius 2 is 2.17 bits per heavy atom. The third kappa shape index (κ3) is 2.69. The molecule has 0 unspecified atom stereocenters. The molecular formula is C7H8ClF2NS. The number of nitrogens with two attached hydrogens (primary N) is 1. The zero-order valence-corrected chi connectivity index (χ0v) is 7.76. The number of rotatable bonds is 3. The summed E-state index contributed by atoms with van der Waals surface area (Å²) in [5.74, 6) is -2.81. The van der Waals surface area contributed by atoms with Gasteiger partial charge >= 0.3 is 0 Å². The third-order valence-electron chi connectivity index (χ3n) is 1.36. The third-order valence-corrected chi connectivity index (χ3v) is 2.59. The standard InChI is InChI=1S/C7H8ClF2NS/c8-6-2-1-5(12-6)3-7(9,10)4-11/h1-2H,3-4,11H2. The van der Waals surface area contributed by atoms with E-state index in [1.807, 2.05) is 0 Å². The number of halogens is 3. The van der Waals surface area contributed by atoms with Crippen LogP contribution in [0.3, 0.4) is 0 Å².